The van der Waals surface area contributed by atoms with Gasteiger partial charge >= 0.3 is 0 Å². The summed E-state index contributed by atoms with van der Waals surface area (Å²) in [7, 11) is -3.52. The van der Waals surface area contributed by atoms with Crippen LogP contribution in [0.2, 0.25) is 0 Å². The summed E-state index contributed by atoms with van der Waals surface area (Å²) >= 11 is 1.43. The van der Waals surface area contributed by atoms with Gasteiger partial charge in [0.25, 0.3) is 5.91 Å². The SMILES string of the molecule is O=C1CSc2ccc(C(=O)Nc3ccc(S(=O)(=O)N4CCCCCC4)cc3)cc2N1. The third-order valence-electron chi connectivity index (χ3n) is 5.19. The van der Waals surface area contributed by atoms with Crippen molar-refractivity contribution in [1.29, 1.82) is 0 Å². The third-order valence-corrected chi connectivity index (χ3v) is 8.18. The molecule has 2 N–H and O–H groups in total. The molecule has 1 fully saturated rings. The van der Waals surface area contributed by atoms with Gasteiger partial charge in [0.1, 0.15) is 0 Å². The summed E-state index contributed by atoms with van der Waals surface area (Å²) in [6.07, 6.45) is 3.88. The van der Waals surface area contributed by atoms with Crippen molar-refractivity contribution in [3.05, 3.63) is 48.0 Å². The van der Waals surface area contributed by atoms with Gasteiger partial charge in [0.05, 0.1) is 16.3 Å². The first-order chi connectivity index (χ1) is 14.4. The van der Waals surface area contributed by atoms with Gasteiger partial charge in [-0.1, -0.05) is 12.8 Å². The van der Waals surface area contributed by atoms with Crippen molar-refractivity contribution in [3.63, 3.8) is 0 Å². The van der Waals surface area contributed by atoms with Crippen LogP contribution in [0.3, 0.4) is 0 Å². The lowest BCUT2D eigenvalue weighted by Gasteiger charge is -2.20. The highest BCUT2D eigenvalue weighted by molar-refractivity contribution is 8.00. The zero-order valence-corrected chi connectivity index (χ0v) is 18.0. The van der Waals surface area contributed by atoms with E-state index in [1.807, 2.05) is 6.07 Å². The van der Waals surface area contributed by atoms with E-state index in [-0.39, 0.29) is 16.7 Å². The number of rotatable bonds is 4. The molecule has 1 saturated heterocycles. The molecule has 2 aliphatic rings. The molecular weight excluding hydrogens is 422 g/mol. The number of nitrogens with zero attached hydrogens (tertiary/aromatic N) is 1. The molecule has 2 aromatic carbocycles. The van der Waals surface area contributed by atoms with Crippen molar-refractivity contribution >= 4 is 45.0 Å². The fourth-order valence-electron chi connectivity index (χ4n) is 3.57. The third kappa shape index (κ3) is 4.53. The van der Waals surface area contributed by atoms with E-state index in [1.165, 1.54) is 23.9 Å². The Morgan fingerprint density at radius 3 is 2.40 bits per heavy atom. The van der Waals surface area contributed by atoms with Crippen LogP contribution in [0, 0.1) is 0 Å². The number of carbonyl (C=O) groups is 2. The highest BCUT2D eigenvalue weighted by atomic mass is 32.2. The van der Waals surface area contributed by atoms with Crippen LogP contribution in [0.5, 0.6) is 0 Å². The molecule has 2 aromatic rings. The van der Waals surface area contributed by atoms with E-state index in [2.05, 4.69) is 10.6 Å². The number of amides is 2. The molecule has 2 amide bonds. The van der Waals surface area contributed by atoms with E-state index in [1.54, 1.807) is 28.6 Å². The van der Waals surface area contributed by atoms with Gasteiger partial charge in [0, 0.05) is 29.2 Å². The van der Waals surface area contributed by atoms with Gasteiger partial charge in [0.2, 0.25) is 15.9 Å². The maximum atomic E-state index is 12.9. The van der Waals surface area contributed by atoms with Gasteiger partial charge in [-0.25, -0.2) is 8.42 Å². The first-order valence-corrected chi connectivity index (χ1v) is 12.3. The lowest BCUT2D eigenvalue weighted by molar-refractivity contribution is -0.113. The fraction of sp³-hybridized carbons (Fsp3) is 0.333. The second-order valence-corrected chi connectivity index (χ2v) is 10.3. The van der Waals surface area contributed by atoms with Crippen molar-refractivity contribution in [3.8, 4) is 0 Å². The van der Waals surface area contributed by atoms with Gasteiger partial charge in [-0.15, -0.1) is 11.8 Å². The van der Waals surface area contributed by atoms with Crippen LogP contribution >= 0.6 is 11.8 Å². The van der Waals surface area contributed by atoms with E-state index >= 15 is 0 Å². The Balaban J connectivity index is 1.46. The molecule has 2 aliphatic heterocycles. The van der Waals surface area contributed by atoms with E-state index in [9.17, 15) is 18.0 Å². The molecule has 4 rings (SSSR count). The number of hydrogen-bond acceptors (Lipinski definition) is 5. The summed E-state index contributed by atoms with van der Waals surface area (Å²) in [5, 5.41) is 5.55. The van der Waals surface area contributed by atoms with Gasteiger partial charge in [-0.05, 0) is 55.3 Å². The molecule has 0 radical (unpaired) electrons. The Morgan fingerprint density at radius 1 is 1.00 bits per heavy atom. The second kappa shape index (κ2) is 8.79. The first-order valence-electron chi connectivity index (χ1n) is 9.92. The summed E-state index contributed by atoms with van der Waals surface area (Å²) in [5.41, 5.74) is 1.55. The Bertz CT molecular complexity index is 1060. The largest absolute Gasteiger partial charge is 0.324 e. The van der Waals surface area contributed by atoms with Crippen LogP contribution in [0.15, 0.2) is 52.3 Å². The molecule has 0 saturated carbocycles. The number of hydrogen-bond donors (Lipinski definition) is 2. The molecule has 30 heavy (non-hydrogen) atoms. The standard InChI is InChI=1S/C21H23N3O4S2/c25-20-14-29-19-10-5-15(13-18(19)23-20)21(26)22-16-6-8-17(9-7-16)30(27,28)24-11-3-1-2-4-12-24/h5-10,13H,1-4,11-12,14H2,(H,22,26)(H,23,25). The molecule has 0 aliphatic carbocycles. The molecule has 0 spiro atoms. The minimum Gasteiger partial charge on any atom is -0.324 e. The van der Waals surface area contributed by atoms with E-state index in [0.717, 1.165) is 30.6 Å². The van der Waals surface area contributed by atoms with Crippen molar-refractivity contribution < 1.29 is 18.0 Å². The Kier molecular flexibility index (Phi) is 6.12. The fourth-order valence-corrected chi connectivity index (χ4v) is 5.87. The number of sulfonamides is 1. The summed E-state index contributed by atoms with van der Waals surface area (Å²) in [6, 6.07) is 11.4. The van der Waals surface area contributed by atoms with Crippen LogP contribution in [0.4, 0.5) is 11.4 Å². The van der Waals surface area contributed by atoms with Crippen molar-refractivity contribution in [2.24, 2.45) is 0 Å². The smallest absolute Gasteiger partial charge is 0.255 e. The first kappa shape index (κ1) is 20.9. The molecule has 0 unspecified atom stereocenters. The molecule has 0 bridgehead atoms. The Labute approximate surface area is 180 Å². The van der Waals surface area contributed by atoms with Crippen LogP contribution in [-0.4, -0.2) is 43.4 Å². The molecule has 0 atom stereocenters. The van der Waals surface area contributed by atoms with Crippen LogP contribution < -0.4 is 10.6 Å². The Morgan fingerprint density at radius 2 is 1.70 bits per heavy atom. The molecule has 9 heteroatoms. The summed E-state index contributed by atoms with van der Waals surface area (Å²) in [6.45, 7) is 1.10. The lowest BCUT2D eigenvalue weighted by atomic mass is 10.1. The van der Waals surface area contributed by atoms with E-state index < -0.39 is 10.0 Å². The summed E-state index contributed by atoms with van der Waals surface area (Å²) < 4.78 is 27.3. The highest BCUT2D eigenvalue weighted by Crippen LogP contribution is 2.32. The number of anilines is 2. The predicted molar refractivity (Wildman–Crippen MR) is 117 cm³/mol. The lowest BCUT2D eigenvalue weighted by Crippen LogP contribution is -2.31. The van der Waals surface area contributed by atoms with E-state index in [4.69, 9.17) is 0 Å². The van der Waals surface area contributed by atoms with Gasteiger partial charge in [-0.2, -0.15) is 4.31 Å². The average molecular weight is 446 g/mol. The zero-order chi connectivity index (χ0) is 21.1. The summed E-state index contributed by atoms with van der Waals surface area (Å²) in [4.78, 5) is 25.3. The van der Waals surface area contributed by atoms with Crippen molar-refractivity contribution in [2.75, 3.05) is 29.5 Å². The van der Waals surface area contributed by atoms with Gasteiger partial charge < -0.3 is 10.6 Å². The summed E-state index contributed by atoms with van der Waals surface area (Å²) in [5.74, 6) is -0.0531. The molecule has 158 valence electrons. The maximum absolute atomic E-state index is 12.9. The topological polar surface area (TPSA) is 95.6 Å². The number of carbonyl (C=O) groups excluding carboxylic acids is 2. The molecular formula is C21H23N3O4S2. The maximum Gasteiger partial charge on any atom is 0.255 e. The number of benzene rings is 2. The number of thioether (sulfide) groups is 1. The van der Waals surface area contributed by atoms with Crippen molar-refractivity contribution in [1.82, 2.24) is 4.31 Å². The monoisotopic (exact) mass is 445 g/mol. The normalized spacial score (nSPS) is 17.5. The molecule has 7 nitrogen and oxygen atoms in total. The minimum absolute atomic E-state index is 0.0914. The quantitative estimate of drug-likeness (QED) is 0.750. The van der Waals surface area contributed by atoms with Crippen LogP contribution in [0.1, 0.15) is 36.0 Å². The zero-order valence-electron chi connectivity index (χ0n) is 16.4. The molecule has 2 heterocycles. The predicted octanol–water partition coefficient (Wildman–Crippen LogP) is 3.55. The van der Waals surface area contributed by atoms with Crippen molar-refractivity contribution in [2.45, 2.75) is 35.5 Å². The van der Waals surface area contributed by atoms with Gasteiger partial charge in [0.15, 0.2) is 0 Å². The second-order valence-electron chi connectivity index (χ2n) is 7.34. The average Bonchev–Trinajstić information content (AvgIpc) is 3.04. The number of nitrogens with one attached hydrogen (secondary N) is 2. The van der Waals surface area contributed by atoms with E-state index in [0.29, 0.717) is 35.8 Å². The highest BCUT2D eigenvalue weighted by Gasteiger charge is 2.25. The minimum atomic E-state index is -3.52. The Hall–Kier alpha value is -2.36. The van der Waals surface area contributed by atoms with Crippen LogP contribution in [-0.2, 0) is 14.8 Å². The molecule has 0 aromatic heterocycles. The number of fused-ring (bicyclic) bond motifs is 1. The van der Waals surface area contributed by atoms with Gasteiger partial charge in [-0.3, -0.25) is 9.59 Å². The van der Waals surface area contributed by atoms with Crippen LogP contribution in [0.25, 0.3) is 0 Å².